The van der Waals surface area contributed by atoms with E-state index in [-0.39, 0.29) is 26.8 Å². The van der Waals surface area contributed by atoms with Crippen LogP contribution in [0.3, 0.4) is 0 Å². The van der Waals surface area contributed by atoms with Gasteiger partial charge in [0.15, 0.2) is 10.6 Å². The van der Waals surface area contributed by atoms with Crippen LogP contribution in [0.4, 0.5) is 8.78 Å². The lowest BCUT2D eigenvalue weighted by molar-refractivity contribution is 0.0998. The second-order valence-corrected chi connectivity index (χ2v) is 10.9. The van der Waals surface area contributed by atoms with Crippen LogP contribution < -0.4 is 4.80 Å². The molecule has 0 radical (unpaired) electrons. The predicted molar refractivity (Wildman–Crippen MR) is 119 cm³/mol. The minimum absolute atomic E-state index is 0.0109. The highest BCUT2D eigenvalue weighted by molar-refractivity contribution is 7.89. The highest BCUT2D eigenvalue weighted by atomic mass is 32.2. The van der Waals surface area contributed by atoms with E-state index in [0.29, 0.717) is 4.70 Å². The van der Waals surface area contributed by atoms with Crippen molar-refractivity contribution in [3.63, 3.8) is 0 Å². The molecule has 1 saturated carbocycles. The quantitative estimate of drug-likeness (QED) is 0.563. The van der Waals surface area contributed by atoms with Gasteiger partial charge >= 0.3 is 0 Å². The number of halogens is 2. The molecule has 170 valence electrons. The van der Waals surface area contributed by atoms with Gasteiger partial charge in [-0.3, -0.25) is 4.79 Å². The molecule has 32 heavy (non-hydrogen) atoms. The summed E-state index contributed by atoms with van der Waals surface area (Å²) < 4.78 is 56.7. The fraction of sp³-hybridized carbons (Fsp3) is 0.364. The van der Waals surface area contributed by atoms with Crippen LogP contribution in [-0.4, -0.2) is 36.3 Å². The van der Waals surface area contributed by atoms with Gasteiger partial charge in [0.1, 0.15) is 5.82 Å². The first-order chi connectivity index (χ1) is 15.2. The van der Waals surface area contributed by atoms with Gasteiger partial charge in [-0.2, -0.15) is 9.30 Å². The average Bonchev–Trinajstić information content (AvgIpc) is 3.08. The smallest absolute Gasteiger partial charge is 0.279 e. The molecule has 0 bridgehead atoms. The molecule has 1 amide bonds. The van der Waals surface area contributed by atoms with Crippen molar-refractivity contribution in [2.75, 3.05) is 7.05 Å². The molecule has 0 saturated heterocycles. The molecule has 0 N–H and O–H groups in total. The number of hydrogen-bond donors (Lipinski definition) is 0. The zero-order valence-electron chi connectivity index (χ0n) is 17.7. The SMILES string of the molecule is CN(C1CCCCC1)S(=O)(=O)c1ccc(C(=O)N=c2sc3cc(F)cc(F)c3n2C)cc1. The van der Waals surface area contributed by atoms with Crippen LogP contribution in [0.1, 0.15) is 42.5 Å². The lowest BCUT2D eigenvalue weighted by Crippen LogP contribution is -2.38. The van der Waals surface area contributed by atoms with Gasteiger partial charge in [0.2, 0.25) is 10.0 Å². The van der Waals surface area contributed by atoms with Crippen LogP contribution in [0.25, 0.3) is 10.2 Å². The number of fused-ring (bicyclic) bond motifs is 1. The van der Waals surface area contributed by atoms with Gasteiger partial charge in [-0.15, -0.1) is 0 Å². The zero-order valence-corrected chi connectivity index (χ0v) is 19.3. The monoisotopic (exact) mass is 479 g/mol. The Bertz CT molecular complexity index is 1340. The second-order valence-electron chi connectivity index (χ2n) is 7.93. The maximum atomic E-state index is 14.1. The third-order valence-electron chi connectivity index (χ3n) is 5.88. The summed E-state index contributed by atoms with van der Waals surface area (Å²) in [6.45, 7) is 0. The van der Waals surface area contributed by atoms with Crippen molar-refractivity contribution >= 4 is 37.5 Å². The third-order valence-corrected chi connectivity index (χ3v) is 8.88. The van der Waals surface area contributed by atoms with E-state index in [1.165, 1.54) is 39.2 Å². The Morgan fingerprint density at radius 3 is 2.44 bits per heavy atom. The van der Waals surface area contributed by atoms with Gasteiger partial charge < -0.3 is 4.57 Å². The summed E-state index contributed by atoms with van der Waals surface area (Å²) >= 11 is 0.995. The Kier molecular flexibility index (Phi) is 6.28. The van der Waals surface area contributed by atoms with E-state index in [4.69, 9.17) is 0 Å². The zero-order chi connectivity index (χ0) is 23.0. The van der Waals surface area contributed by atoms with Gasteiger partial charge in [-0.05, 0) is 43.2 Å². The maximum Gasteiger partial charge on any atom is 0.279 e. The van der Waals surface area contributed by atoms with Crippen LogP contribution in [0.15, 0.2) is 46.3 Å². The van der Waals surface area contributed by atoms with Crippen LogP contribution in [0.2, 0.25) is 0 Å². The van der Waals surface area contributed by atoms with Crippen molar-refractivity contribution in [2.45, 2.75) is 43.0 Å². The summed E-state index contributed by atoms with van der Waals surface area (Å²) in [6, 6.07) is 7.60. The molecule has 4 rings (SSSR count). The van der Waals surface area contributed by atoms with Crippen LogP contribution >= 0.6 is 11.3 Å². The number of aryl methyl sites for hydroxylation is 1. The van der Waals surface area contributed by atoms with E-state index in [1.807, 2.05) is 0 Å². The highest BCUT2D eigenvalue weighted by Crippen LogP contribution is 2.27. The molecule has 6 nitrogen and oxygen atoms in total. The first-order valence-electron chi connectivity index (χ1n) is 10.3. The Labute approximate surface area is 188 Å². The molecular weight excluding hydrogens is 456 g/mol. The maximum absolute atomic E-state index is 14.1. The highest BCUT2D eigenvalue weighted by Gasteiger charge is 2.29. The topological polar surface area (TPSA) is 71.7 Å². The molecule has 0 spiro atoms. The van der Waals surface area contributed by atoms with Crippen LogP contribution in [0, 0.1) is 11.6 Å². The Morgan fingerprint density at radius 1 is 1.12 bits per heavy atom. The summed E-state index contributed by atoms with van der Waals surface area (Å²) in [6.07, 6.45) is 4.86. The number of carbonyl (C=O) groups excluding carboxylic acids is 1. The number of aromatic nitrogens is 1. The van der Waals surface area contributed by atoms with Crippen molar-refractivity contribution in [3.8, 4) is 0 Å². The van der Waals surface area contributed by atoms with Crippen molar-refractivity contribution in [1.29, 1.82) is 0 Å². The van der Waals surface area contributed by atoms with E-state index in [0.717, 1.165) is 49.5 Å². The fourth-order valence-corrected chi connectivity index (χ4v) is 6.51. The van der Waals surface area contributed by atoms with Crippen molar-refractivity contribution in [1.82, 2.24) is 8.87 Å². The van der Waals surface area contributed by atoms with Crippen molar-refractivity contribution < 1.29 is 22.0 Å². The van der Waals surface area contributed by atoms with Gasteiger partial charge in [0.25, 0.3) is 5.91 Å². The van der Waals surface area contributed by atoms with Gasteiger partial charge in [0.05, 0.1) is 15.1 Å². The standard InChI is InChI=1S/C22H23F2N3O3S2/c1-26-20-18(24)12-15(23)13-19(20)31-22(26)25-21(28)14-8-10-17(11-9-14)32(29,30)27(2)16-6-4-3-5-7-16/h8-13,16H,3-7H2,1-2H3. The number of thiazole rings is 1. The number of nitrogens with zero attached hydrogens (tertiary/aromatic N) is 3. The van der Waals surface area contributed by atoms with Crippen molar-refractivity contribution in [3.05, 3.63) is 58.4 Å². The van der Waals surface area contributed by atoms with E-state index in [1.54, 1.807) is 14.1 Å². The molecule has 0 unspecified atom stereocenters. The lowest BCUT2D eigenvalue weighted by atomic mass is 9.96. The molecule has 0 aliphatic heterocycles. The van der Waals surface area contributed by atoms with Gasteiger partial charge in [-0.25, -0.2) is 17.2 Å². The molecule has 1 fully saturated rings. The minimum atomic E-state index is -3.66. The lowest BCUT2D eigenvalue weighted by Gasteiger charge is -2.30. The summed E-state index contributed by atoms with van der Waals surface area (Å²) in [5.41, 5.74) is 0.364. The largest absolute Gasteiger partial charge is 0.317 e. The van der Waals surface area contributed by atoms with Gasteiger partial charge in [-0.1, -0.05) is 30.6 Å². The number of carbonyl (C=O) groups is 1. The summed E-state index contributed by atoms with van der Waals surface area (Å²) in [5.74, 6) is -2.04. The number of hydrogen-bond acceptors (Lipinski definition) is 4. The average molecular weight is 480 g/mol. The number of benzene rings is 2. The summed E-state index contributed by atoms with van der Waals surface area (Å²) in [7, 11) is -0.516. The second kappa shape index (κ2) is 8.84. The molecule has 2 aromatic carbocycles. The molecule has 3 aromatic rings. The number of rotatable bonds is 4. The van der Waals surface area contributed by atoms with E-state index in [2.05, 4.69) is 4.99 Å². The Hall–Kier alpha value is -2.43. The van der Waals surface area contributed by atoms with Crippen LogP contribution in [0.5, 0.6) is 0 Å². The van der Waals surface area contributed by atoms with Gasteiger partial charge in [0, 0.05) is 31.8 Å². The summed E-state index contributed by atoms with van der Waals surface area (Å²) in [5, 5.41) is 0. The first-order valence-corrected chi connectivity index (χ1v) is 12.6. The Balaban J connectivity index is 1.61. The molecule has 10 heteroatoms. The molecule has 1 aliphatic rings. The number of amides is 1. The molecule has 0 atom stereocenters. The van der Waals surface area contributed by atoms with E-state index < -0.39 is 27.6 Å². The van der Waals surface area contributed by atoms with Crippen molar-refractivity contribution in [2.24, 2.45) is 12.0 Å². The van der Waals surface area contributed by atoms with Crippen LogP contribution in [-0.2, 0) is 17.1 Å². The molecule has 1 aromatic heterocycles. The Morgan fingerprint density at radius 2 is 1.78 bits per heavy atom. The molecular formula is C22H23F2N3O3S2. The molecule has 1 aliphatic carbocycles. The molecule has 1 heterocycles. The normalized spacial score (nSPS) is 16.2. The third kappa shape index (κ3) is 4.26. The predicted octanol–water partition coefficient (Wildman–Crippen LogP) is 4.21. The van der Waals surface area contributed by atoms with E-state index >= 15 is 0 Å². The summed E-state index contributed by atoms with van der Waals surface area (Å²) in [4.78, 5) is 17.0. The number of sulfonamides is 1. The fourth-order valence-electron chi connectivity index (χ4n) is 4.03. The van der Waals surface area contributed by atoms with E-state index in [9.17, 15) is 22.0 Å². The first kappa shape index (κ1) is 22.8. The minimum Gasteiger partial charge on any atom is -0.317 e.